The van der Waals surface area contributed by atoms with Crippen molar-refractivity contribution in [1.82, 2.24) is 4.90 Å². The first-order valence-electron chi connectivity index (χ1n) is 9.21. The van der Waals surface area contributed by atoms with E-state index in [0.717, 1.165) is 11.1 Å². The fourth-order valence-corrected chi connectivity index (χ4v) is 3.19. The highest BCUT2D eigenvalue weighted by molar-refractivity contribution is 6.31. The molecule has 0 radical (unpaired) electrons. The monoisotopic (exact) mass is 463 g/mol. The van der Waals surface area contributed by atoms with Gasteiger partial charge in [0.05, 0.1) is 4.92 Å². The molecule has 1 aromatic heterocycles. The predicted molar refractivity (Wildman–Crippen MR) is 110 cm³/mol. The fraction of sp³-hybridized carbons (Fsp3) is 0.182. The second-order valence-corrected chi connectivity index (χ2v) is 7.34. The lowest BCUT2D eigenvalue weighted by Crippen LogP contribution is -3.00. The third kappa shape index (κ3) is 6.47. The van der Waals surface area contributed by atoms with Gasteiger partial charge in [-0.15, -0.1) is 0 Å². The van der Waals surface area contributed by atoms with E-state index in [2.05, 4.69) is 0 Å². The van der Waals surface area contributed by atoms with Crippen LogP contribution in [-0.4, -0.2) is 22.8 Å². The Morgan fingerprint density at radius 2 is 1.71 bits per heavy atom. The molecule has 2 aromatic carbocycles. The quantitative estimate of drug-likeness (QED) is 0.297. The number of hydrogen-bond acceptors (Lipinski definition) is 3. The van der Waals surface area contributed by atoms with Crippen LogP contribution >= 0.6 is 11.6 Å². The number of nitrogens with zero attached hydrogens (tertiary/aromatic N) is 3. The van der Waals surface area contributed by atoms with E-state index in [4.69, 9.17) is 11.6 Å². The van der Waals surface area contributed by atoms with Gasteiger partial charge in [-0.1, -0.05) is 29.8 Å². The van der Waals surface area contributed by atoms with Gasteiger partial charge in [0.1, 0.15) is 5.82 Å². The summed E-state index contributed by atoms with van der Waals surface area (Å²) in [6, 6.07) is 14.6. The molecule has 9 heteroatoms. The molecule has 3 aromatic rings. The van der Waals surface area contributed by atoms with E-state index in [0.29, 0.717) is 12.0 Å². The minimum absolute atomic E-state index is 0. The molecule has 6 nitrogen and oxygen atoms in total. The molecule has 1 heterocycles. The lowest BCUT2D eigenvalue weighted by atomic mass is 10.1. The minimum atomic E-state index is -0.439. The number of hydrogen-bond donors (Lipinski definition) is 0. The molecule has 0 unspecified atom stereocenters. The first kappa shape index (κ1) is 24.2. The van der Waals surface area contributed by atoms with Crippen molar-refractivity contribution < 1.29 is 31.1 Å². The van der Waals surface area contributed by atoms with Crippen LogP contribution in [0.5, 0.6) is 0 Å². The maximum atomic E-state index is 13.9. The Morgan fingerprint density at radius 1 is 1.10 bits per heavy atom. The van der Waals surface area contributed by atoms with Crippen molar-refractivity contribution in [2.24, 2.45) is 0 Å². The second kappa shape index (κ2) is 10.8. The Hall–Kier alpha value is -3.03. The van der Waals surface area contributed by atoms with Crippen LogP contribution < -0.4 is 17.0 Å². The lowest BCUT2D eigenvalue weighted by molar-refractivity contribution is -0.685. The summed E-state index contributed by atoms with van der Waals surface area (Å²) in [5.74, 6) is -0.618. The van der Waals surface area contributed by atoms with Gasteiger partial charge in [-0.05, 0) is 29.7 Å². The van der Waals surface area contributed by atoms with Gasteiger partial charge in [-0.3, -0.25) is 14.9 Å². The summed E-state index contributed by atoms with van der Waals surface area (Å²) in [5, 5.41) is 11.0. The molecule has 0 aliphatic carbocycles. The molecular weight excluding hydrogens is 444 g/mol. The Kier molecular flexibility index (Phi) is 8.47. The largest absolute Gasteiger partial charge is 1.00 e. The van der Waals surface area contributed by atoms with Crippen molar-refractivity contribution in [1.29, 1.82) is 0 Å². The number of rotatable bonds is 7. The smallest absolute Gasteiger partial charge is 0.288 e. The number of halogens is 3. The zero-order valence-electron chi connectivity index (χ0n) is 16.7. The summed E-state index contributed by atoms with van der Waals surface area (Å²) < 4.78 is 15.7. The minimum Gasteiger partial charge on any atom is -1.00 e. The summed E-state index contributed by atoms with van der Waals surface area (Å²) in [7, 11) is 1.61. The first-order chi connectivity index (χ1) is 14.3. The van der Waals surface area contributed by atoms with Crippen LogP contribution in [-0.2, 0) is 24.3 Å². The molecule has 0 spiro atoms. The summed E-state index contributed by atoms with van der Waals surface area (Å²) in [6.07, 6.45) is 4.21. The maximum Gasteiger partial charge on any atom is 0.288 e. The molecule has 0 aliphatic rings. The Balaban J connectivity index is 0.00000341. The number of nitro groups is 1. The summed E-state index contributed by atoms with van der Waals surface area (Å²) in [6.45, 7) is 0.198. The Bertz CT molecular complexity index is 1040. The number of nitro benzene ring substituents is 1. The van der Waals surface area contributed by atoms with E-state index in [9.17, 15) is 19.3 Å². The number of pyridine rings is 1. The van der Waals surface area contributed by atoms with Crippen molar-refractivity contribution in [2.75, 3.05) is 7.05 Å². The molecule has 0 fully saturated rings. The highest BCUT2D eigenvalue weighted by atomic mass is 35.5. The Labute approximate surface area is 190 Å². The van der Waals surface area contributed by atoms with Gasteiger partial charge in [0, 0.05) is 48.4 Å². The topological polar surface area (TPSA) is 67.3 Å². The third-order valence-corrected chi connectivity index (χ3v) is 5.07. The number of carbonyl (C=O) groups is 1. The van der Waals surface area contributed by atoms with Gasteiger partial charge in [0.25, 0.3) is 11.6 Å². The highest BCUT2D eigenvalue weighted by Crippen LogP contribution is 2.20. The zero-order valence-corrected chi connectivity index (χ0v) is 18.2. The summed E-state index contributed by atoms with van der Waals surface area (Å²) >= 11 is 6.03. The number of benzene rings is 2. The lowest BCUT2D eigenvalue weighted by Gasteiger charge is -2.17. The normalized spacial score (nSPS) is 10.3. The van der Waals surface area contributed by atoms with Gasteiger partial charge in [0.2, 0.25) is 6.54 Å². The number of likely N-dealkylation sites (N-methyl/N-ethyl adjacent to an activating group) is 1. The molecule has 0 saturated carbocycles. The highest BCUT2D eigenvalue weighted by Gasteiger charge is 2.18. The van der Waals surface area contributed by atoms with Gasteiger partial charge < -0.3 is 17.3 Å². The van der Waals surface area contributed by atoms with E-state index < -0.39 is 10.7 Å². The van der Waals surface area contributed by atoms with Crippen LogP contribution in [0.1, 0.15) is 16.7 Å². The summed E-state index contributed by atoms with van der Waals surface area (Å²) in [5.41, 5.74) is 2.32. The fourth-order valence-electron chi connectivity index (χ4n) is 2.97. The van der Waals surface area contributed by atoms with Crippen molar-refractivity contribution in [3.05, 3.63) is 105 Å². The van der Waals surface area contributed by atoms with Gasteiger partial charge in [0.15, 0.2) is 12.4 Å². The number of amides is 1. The van der Waals surface area contributed by atoms with Crippen molar-refractivity contribution in [2.45, 2.75) is 19.5 Å². The van der Waals surface area contributed by atoms with E-state index in [1.807, 2.05) is 12.1 Å². The van der Waals surface area contributed by atoms with Crippen molar-refractivity contribution >= 4 is 23.2 Å². The molecule has 0 atom stereocenters. The average molecular weight is 464 g/mol. The van der Waals surface area contributed by atoms with Crippen molar-refractivity contribution in [3.8, 4) is 0 Å². The zero-order chi connectivity index (χ0) is 21.7. The molecule has 1 amide bonds. The van der Waals surface area contributed by atoms with Crippen LogP contribution in [0.2, 0.25) is 5.02 Å². The molecule has 162 valence electrons. The van der Waals surface area contributed by atoms with Crippen LogP contribution in [0, 0.1) is 15.9 Å². The number of carbonyl (C=O) groups excluding carboxylic acids is 1. The summed E-state index contributed by atoms with van der Waals surface area (Å²) in [4.78, 5) is 24.2. The maximum absolute atomic E-state index is 13.9. The molecule has 0 bridgehead atoms. The molecule has 0 saturated heterocycles. The first-order valence-corrected chi connectivity index (χ1v) is 9.59. The van der Waals surface area contributed by atoms with E-state index in [1.165, 1.54) is 29.2 Å². The van der Waals surface area contributed by atoms with Crippen LogP contribution in [0.25, 0.3) is 0 Å². The molecule has 0 N–H and O–H groups in total. The third-order valence-electron chi connectivity index (χ3n) is 4.72. The van der Waals surface area contributed by atoms with Gasteiger partial charge in [-0.25, -0.2) is 4.39 Å². The Morgan fingerprint density at radius 3 is 2.29 bits per heavy atom. The standard InChI is InChI=1S/C22H20ClFN3O3.ClH/c1-25(14-19-20(23)3-2-4-21(19)24)22(28)15-26-11-9-17(10-12-26)13-16-5-7-18(8-6-16)27(29)30;/h2-12H,13-15H2,1H3;1H/q+1;/p-1. The van der Waals surface area contributed by atoms with Crippen molar-refractivity contribution in [3.63, 3.8) is 0 Å². The van der Waals surface area contributed by atoms with Gasteiger partial charge in [-0.2, -0.15) is 4.57 Å². The van der Waals surface area contributed by atoms with Crippen LogP contribution in [0.15, 0.2) is 67.0 Å². The van der Waals surface area contributed by atoms with E-state index >= 15 is 0 Å². The number of non-ortho nitro benzene ring substituents is 1. The average Bonchev–Trinajstić information content (AvgIpc) is 2.72. The SMILES string of the molecule is CN(Cc1c(F)cccc1Cl)C(=O)C[n+]1ccc(Cc2ccc([N+](=O)[O-])cc2)cc1.[Cl-]. The second-order valence-electron chi connectivity index (χ2n) is 6.93. The van der Waals surface area contributed by atoms with Crippen LogP contribution in [0.3, 0.4) is 0 Å². The molecule has 31 heavy (non-hydrogen) atoms. The van der Waals surface area contributed by atoms with E-state index in [-0.39, 0.29) is 42.1 Å². The molecule has 0 aliphatic heterocycles. The van der Waals surface area contributed by atoms with Crippen LogP contribution in [0.4, 0.5) is 10.1 Å². The molecule has 3 rings (SSSR count). The predicted octanol–water partition coefficient (Wildman–Crippen LogP) is 0.928. The molecular formula is C22H20Cl2FN3O3. The van der Waals surface area contributed by atoms with Gasteiger partial charge >= 0.3 is 0 Å². The van der Waals surface area contributed by atoms with E-state index in [1.54, 1.807) is 42.2 Å². The number of aromatic nitrogens is 1.